The van der Waals surface area contributed by atoms with E-state index >= 15 is 0 Å². The summed E-state index contributed by atoms with van der Waals surface area (Å²) in [5, 5.41) is 0. The number of imidazole rings is 1. The van der Waals surface area contributed by atoms with Crippen molar-refractivity contribution in [3.63, 3.8) is 0 Å². The van der Waals surface area contributed by atoms with Gasteiger partial charge in [-0.2, -0.15) is 0 Å². The van der Waals surface area contributed by atoms with Crippen LogP contribution in [0, 0.1) is 0 Å². The van der Waals surface area contributed by atoms with Crippen LogP contribution < -0.4 is 0 Å². The lowest BCUT2D eigenvalue weighted by molar-refractivity contribution is 0.415. The van der Waals surface area contributed by atoms with E-state index in [2.05, 4.69) is 67.3 Å². The Balaban J connectivity index is 3.44. The lowest BCUT2D eigenvalue weighted by Crippen LogP contribution is -2.26. The Morgan fingerprint density at radius 1 is 0.696 bits per heavy atom. The highest BCUT2D eigenvalue weighted by molar-refractivity contribution is 5.31. The van der Waals surface area contributed by atoms with Crippen LogP contribution in [0.5, 0.6) is 0 Å². The molecule has 0 atom stereocenters. The quantitative estimate of drug-likeness (QED) is 0.542. The Bertz CT molecular complexity index is 456. The van der Waals surface area contributed by atoms with Crippen molar-refractivity contribution in [1.82, 2.24) is 9.97 Å². The topological polar surface area (TPSA) is 28.7 Å². The number of hydrogen-bond acceptors (Lipinski definition) is 1. The monoisotopic (exact) mass is 320 g/mol. The largest absolute Gasteiger partial charge is 0.345 e. The van der Waals surface area contributed by atoms with E-state index in [1.807, 2.05) is 0 Å². The maximum absolute atomic E-state index is 5.18. The zero-order valence-corrected chi connectivity index (χ0v) is 17.2. The third kappa shape index (κ3) is 4.61. The molecule has 1 rings (SSSR count). The second-order valence-corrected chi connectivity index (χ2v) is 9.21. The average Bonchev–Trinajstić information content (AvgIpc) is 2.85. The summed E-state index contributed by atoms with van der Waals surface area (Å²) in [7, 11) is 0. The van der Waals surface area contributed by atoms with Gasteiger partial charge in [0.15, 0.2) is 0 Å². The third-order valence-electron chi connectivity index (χ3n) is 5.29. The molecule has 1 N–H and O–H groups in total. The smallest absolute Gasteiger partial charge is 0.112 e. The van der Waals surface area contributed by atoms with Gasteiger partial charge in [0.1, 0.15) is 5.82 Å². The molecule has 0 aliphatic heterocycles. The molecule has 0 amide bonds. The van der Waals surface area contributed by atoms with Crippen LogP contribution in [0.1, 0.15) is 118 Å². The van der Waals surface area contributed by atoms with Crippen molar-refractivity contribution in [2.75, 3.05) is 0 Å². The summed E-state index contributed by atoms with van der Waals surface area (Å²) in [6.07, 6.45) is 7.13. The minimum atomic E-state index is 0.117. The SMILES string of the molecule is CCCC(C)(C)c1nc(C(C)(C)CCC)c(C(C)(C)CCC)[nH]1. The number of hydrogen-bond donors (Lipinski definition) is 1. The molecule has 2 heteroatoms. The van der Waals surface area contributed by atoms with Crippen LogP contribution in [-0.4, -0.2) is 9.97 Å². The van der Waals surface area contributed by atoms with Crippen molar-refractivity contribution >= 4 is 0 Å². The van der Waals surface area contributed by atoms with Gasteiger partial charge in [-0.3, -0.25) is 0 Å². The number of aromatic amines is 1. The lowest BCUT2D eigenvalue weighted by atomic mass is 9.76. The fraction of sp³-hybridized carbons (Fsp3) is 0.857. The van der Waals surface area contributed by atoms with Crippen molar-refractivity contribution in [3.8, 4) is 0 Å². The van der Waals surface area contributed by atoms with Gasteiger partial charge in [-0.05, 0) is 19.3 Å². The van der Waals surface area contributed by atoms with E-state index in [1.165, 1.54) is 55.7 Å². The Kier molecular flexibility index (Phi) is 6.52. The summed E-state index contributed by atoms with van der Waals surface area (Å²) in [5.74, 6) is 1.18. The van der Waals surface area contributed by atoms with E-state index in [1.54, 1.807) is 0 Å². The van der Waals surface area contributed by atoms with Gasteiger partial charge in [0, 0.05) is 21.9 Å². The minimum Gasteiger partial charge on any atom is -0.345 e. The van der Waals surface area contributed by atoms with E-state index < -0.39 is 0 Å². The predicted octanol–water partition coefficient (Wildman–Crippen LogP) is 6.64. The molecule has 1 aromatic heterocycles. The van der Waals surface area contributed by atoms with Crippen molar-refractivity contribution in [2.24, 2.45) is 0 Å². The Hall–Kier alpha value is -0.790. The van der Waals surface area contributed by atoms with Crippen LogP contribution in [0.2, 0.25) is 0 Å². The van der Waals surface area contributed by atoms with Crippen molar-refractivity contribution in [2.45, 2.75) is 117 Å². The zero-order valence-electron chi connectivity index (χ0n) is 17.2. The Labute approximate surface area is 144 Å². The summed E-state index contributed by atoms with van der Waals surface area (Å²) in [6.45, 7) is 20.9. The van der Waals surface area contributed by atoms with Crippen LogP contribution in [0.25, 0.3) is 0 Å². The number of nitrogens with zero attached hydrogens (tertiary/aromatic N) is 1. The molecule has 1 aromatic rings. The molecule has 0 fully saturated rings. The van der Waals surface area contributed by atoms with E-state index in [9.17, 15) is 0 Å². The van der Waals surface area contributed by atoms with Gasteiger partial charge in [0.25, 0.3) is 0 Å². The van der Waals surface area contributed by atoms with E-state index in [4.69, 9.17) is 4.98 Å². The summed E-state index contributed by atoms with van der Waals surface area (Å²) >= 11 is 0. The second kappa shape index (κ2) is 7.40. The third-order valence-corrected chi connectivity index (χ3v) is 5.29. The average molecular weight is 321 g/mol. The van der Waals surface area contributed by atoms with E-state index in [0.29, 0.717) is 0 Å². The van der Waals surface area contributed by atoms with Crippen LogP contribution in [-0.2, 0) is 16.2 Å². The molecule has 134 valence electrons. The summed E-state index contributed by atoms with van der Waals surface area (Å²) in [4.78, 5) is 8.97. The van der Waals surface area contributed by atoms with Gasteiger partial charge in [-0.15, -0.1) is 0 Å². The summed E-state index contributed by atoms with van der Waals surface area (Å²) in [5.41, 5.74) is 3.08. The molecule has 0 aromatic carbocycles. The maximum atomic E-state index is 5.18. The molecule has 0 aliphatic rings. The second-order valence-electron chi connectivity index (χ2n) is 9.21. The molecular formula is C21H40N2. The number of aromatic nitrogens is 2. The molecule has 1 heterocycles. The van der Waals surface area contributed by atoms with Gasteiger partial charge < -0.3 is 4.98 Å². The first kappa shape index (κ1) is 20.3. The molecule has 0 saturated carbocycles. The molecule has 0 unspecified atom stereocenters. The molecule has 0 radical (unpaired) electrons. The highest BCUT2D eigenvalue weighted by atomic mass is 15.0. The van der Waals surface area contributed by atoms with Crippen molar-refractivity contribution in [3.05, 3.63) is 17.2 Å². The van der Waals surface area contributed by atoms with E-state index in [0.717, 1.165) is 0 Å². The predicted molar refractivity (Wildman–Crippen MR) is 102 cm³/mol. The number of nitrogens with one attached hydrogen (secondary N) is 1. The first-order valence-electron chi connectivity index (χ1n) is 9.63. The van der Waals surface area contributed by atoms with Crippen LogP contribution in [0.4, 0.5) is 0 Å². The van der Waals surface area contributed by atoms with Crippen LogP contribution >= 0.6 is 0 Å². The fourth-order valence-electron chi connectivity index (χ4n) is 3.91. The molecule has 2 nitrogen and oxygen atoms in total. The molecular weight excluding hydrogens is 280 g/mol. The van der Waals surface area contributed by atoms with Crippen molar-refractivity contribution < 1.29 is 0 Å². The zero-order chi connectivity index (χ0) is 17.9. The molecule has 0 saturated heterocycles. The summed E-state index contributed by atoms with van der Waals surface area (Å²) < 4.78 is 0. The first-order chi connectivity index (χ1) is 10.5. The van der Waals surface area contributed by atoms with E-state index in [-0.39, 0.29) is 16.2 Å². The lowest BCUT2D eigenvalue weighted by Gasteiger charge is -2.30. The summed E-state index contributed by atoms with van der Waals surface area (Å²) in [6, 6.07) is 0. The standard InChI is InChI=1S/C21H40N2/c1-10-13-19(4,5)16-17(20(6,7)14-11-2)23-18(22-16)21(8,9)15-12-3/h10-15H2,1-9H3,(H,22,23). The molecule has 23 heavy (non-hydrogen) atoms. The normalized spacial score (nSPS) is 13.6. The minimum absolute atomic E-state index is 0.117. The molecule has 0 aliphatic carbocycles. The highest BCUT2D eigenvalue weighted by Crippen LogP contribution is 2.39. The van der Waals surface area contributed by atoms with Crippen molar-refractivity contribution in [1.29, 1.82) is 0 Å². The first-order valence-corrected chi connectivity index (χ1v) is 9.63. The molecule has 0 spiro atoms. The van der Waals surface area contributed by atoms with Crippen LogP contribution in [0.3, 0.4) is 0 Å². The number of rotatable bonds is 9. The van der Waals surface area contributed by atoms with Gasteiger partial charge in [-0.25, -0.2) is 4.98 Å². The molecule has 0 bridgehead atoms. The highest BCUT2D eigenvalue weighted by Gasteiger charge is 2.36. The number of H-pyrrole nitrogens is 1. The Morgan fingerprint density at radius 3 is 1.61 bits per heavy atom. The van der Waals surface area contributed by atoms with Gasteiger partial charge in [0.2, 0.25) is 0 Å². The Morgan fingerprint density at radius 2 is 1.13 bits per heavy atom. The fourth-order valence-corrected chi connectivity index (χ4v) is 3.91. The van der Waals surface area contributed by atoms with Gasteiger partial charge in [-0.1, -0.05) is 81.6 Å². The van der Waals surface area contributed by atoms with Gasteiger partial charge in [0.05, 0.1) is 5.69 Å². The van der Waals surface area contributed by atoms with Gasteiger partial charge >= 0.3 is 0 Å². The van der Waals surface area contributed by atoms with Crippen LogP contribution in [0.15, 0.2) is 0 Å². The maximum Gasteiger partial charge on any atom is 0.112 e.